The topological polar surface area (TPSA) is 26.0 Å². The van der Waals surface area contributed by atoms with Crippen LogP contribution in [0.3, 0.4) is 0 Å². The zero-order valence-electron chi connectivity index (χ0n) is 6.54. The van der Waals surface area contributed by atoms with Crippen LogP contribution in [0.1, 0.15) is 17.3 Å². The van der Waals surface area contributed by atoms with E-state index in [9.17, 15) is 8.78 Å². The van der Waals surface area contributed by atoms with Crippen LogP contribution in [-0.2, 0) is 0 Å². The fourth-order valence-electron chi connectivity index (χ4n) is 0.869. The van der Waals surface area contributed by atoms with Gasteiger partial charge >= 0.3 is 0 Å². The lowest BCUT2D eigenvalue weighted by Crippen LogP contribution is -2.12. The second-order valence-electron chi connectivity index (χ2n) is 2.37. The Balaban J connectivity index is 0.00000144. The molecule has 1 rings (SSSR count). The Hall–Kier alpha value is 0.1000. The van der Waals surface area contributed by atoms with Crippen LogP contribution in [0.15, 0.2) is 11.4 Å². The molecule has 6 heteroatoms. The third-order valence-electron chi connectivity index (χ3n) is 1.41. The maximum absolute atomic E-state index is 11.9. The van der Waals surface area contributed by atoms with Crippen LogP contribution in [0.5, 0.6) is 0 Å². The number of hydrogen-bond acceptors (Lipinski definition) is 2. The molecule has 76 valence electrons. The molecule has 0 aliphatic heterocycles. The quantitative estimate of drug-likeness (QED) is 0.870. The van der Waals surface area contributed by atoms with Gasteiger partial charge in [0.25, 0.3) is 0 Å². The van der Waals surface area contributed by atoms with Gasteiger partial charge in [0.1, 0.15) is 0 Å². The molecule has 0 radical (unpaired) electrons. The van der Waals surface area contributed by atoms with Crippen molar-refractivity contribution < 1.29 is 8.78 Å². The molecule has 1 atom stereocenters. The zero-order valence-corrected chi connectivity index (χ0v) is 8.93. The average Bonchev–Trinajstić information content (AvgIpc) is 2.33. The largest absolute Gasteiger partial charge is 0.323 e. The van der Waals surface area contributed by atoms with Gasteiger partial charge in [-0.3, -0.25) is 0 Å². The molecule has 0 fully saturated rings. The summed E-state index contributed by atoms with van der Waals surface area (Å²) in [6.07, 6.45) is -2.71. The minimum absolute atomic E-state index is 0. The van der Waals surface area contributed by atoms with Crippen molar-refractivity contribution in [2.45, 2.75) is 18.9 Å². The van der Waals surface area contributed by atoms with E-state index in [2.05, 4.69) is 0 Å². The maximum atomic E-state index is 11.9. The van der Waals surface area contributed by atoms with E-state index >= 15 is 0 Å². The van der Waals surface area contributed by atoms with E-state index in [1.807, 2.05) is 0 Å². The molecule has 0 aliphatic rings. The average molecular weight is 248 g/mol. The summed E-state index contributed by atoms with van der Waals surface area (Å²) in [4.78, 5) is 0.636. The summed E-state index contributed by atoms with van der Waals surface area (Å²) in [6, 6.07) is 1.02. The van der Waals surface area contributed by atoms with E-state index in [0.717, 1.165) is 0 Å². The summed E-state index contributed by atoms with van der Waals surface area (Å²) in [5.74, 6) is 0. The van der Waals surface area contributed by atoms with Crippen LogP contribution in [0.4, 0.5) is 8.78 Å². The SMILES string of the molecule is Cl.N[C@@H](CC(F)F)c1sccc1Cl. The van der Waals surface area contributed by atoms with Crippen molar-refractivity contribution in [3.8, 4) is 0 Å². The molecule has 1 aromatic rings. The van der Waals surface area contributed by atoms with E-state index in [0.29, 0.717) is 9.90 Å². The van der Waals surface area contributed by atoms with E-state index in [-0.39, 0.29) is 18.8 Å². The monoisotopic (exact) mass is 247 g/mol. The van der Waals surface area contributed by atoms with Gasteiger partial charge in [0.15, 0.2) is 0 Å². The standard InChI is InChI=1S/C7H8ClF2NS.ClH/c8-4-1-2-12-7(4)5(11)3-6(9)10;/h1-2,5-6H,3,11H2;1H/t5-;/m0./s1. The Bertz CT molecular complexity index is 254. The first-order chi connectivity index (χ1) is 5.61. The van der Waals surface area contributed by atoms with Crippen molar-refractivity contribution in [3.63, 3.8) is 0 Å². The Morgan fingerprint density at radius 2 is 2.15 bits per heavy atom. The lowest BCUT2D eigenvalue weighted by Gasteiger charge is -2.08. The van der Waals surface area contributed by atoms with Gasteiger partial charge in [0.05, 0.1) is 5.02 Å². The summed E-state index contributed by atoms with van der Waals surface area (Å²) >= 11 is 7.01. The maximum Gasteiger partial charge on any atom is 0.240 e. The second kappa shape index (κ2) is 5.75. The van der Waals surface area contributed by atoms with E-state index in [1.54, 1.807) is 11.4 Å². The zero-order chi connectivity index (χ0) is 9.14. The van der Waals surface area contributed by atoms with Crippen LogP contribution < -0.4 is 5.73 Å². The summed E-state index contributed by atoms with van der Waals surface area (Å²) in [5, 5.41) is 2.22. The van der Waals surface area contributed by atoms with E-state index in [1.165, 1.54) is 11.3 Å². The van der Waals surface area contributed by atoms with Gasteiger partial charge in [-0.25, -0.2) is 8.78 Å². The molecule has 0 unspecified atom stereocenters. The fraction of sp³-hybridized carbons (Fsp3) is 0.429. The van der Waals surface area contributed by atoms with Crippen molar-refractivity contribution >= 4 is 35.3 Å². The van der Waals surface area contributed by atoms with Crippen molar-refractivity contribution in [3.05, 3.63) is 21.3 Å². The molecule has 0 spiro atoms. The predicted molar refractivity (Wildman–Crippen MR) is 54.1 cm³/mol. The normalized spacial score (nSPS) is 12.7. The van der Waals surface area contributed by atoms with Crippen molar-refractivity contribution in [1.29, 1.82) is 0 Å². The van der Waals surface area contributed by atoms with Gasteiger partial charge in [0.2, 0.25) is 6.43 Å². The Morgan fingerprint density at radius 3 is 2.54 bits per heavy atom. The van der Waals surface area contributed by atoms with Gasteiger partial charge in [-0.1, -0.05) is 11.6 Å². The minimum atomic E-state index is -2.38. The van der Waals surface area contributed by atoms with Crippen LogP contribution in [0, 0.1) is 0 Å². The highest BCUT2D eigenvalue weighted by Crippen LogP contribution is 2.30. The fourth-order valence-corrected chi connectivity index (χ4v) is 2.08. The molecule has 1 heterocycles. The second-order valence-corrected chi connectivity index (χ2v) is 3.72. The number of halogens is 4. The van der Waals surface area contributed by atoms with Gasteiger partial charge in [-0.15, -0.1) is 23.7 Å². The third kappa shape index (κ3) is 3.77. The molecule has 0 amide bonds. The number of rotatable bonds is 3. The first-order valence-corrected chi connectivity index (χ1v) is 4.63. The molecule has 0 saturated heterocycles. The minimum Gasteiger partial charge on any atom is -0.323 e. The predicted octanol–water partition coefficient (Wildman–Crippen LogP) is 3.48. The molecule has 0 bridgehead atoms. The molecule has 1 nitrogen and oxygen atoms in total. The Labute approximate surface area is 90.3 Å². The van der Waals surface area contributed by atoms with E-state index < -0.39 is 12.5 Å². The van der Waals surface area contributed by atoms with Crippen LogP contribution in [0.2, 0.25) is 5.02 Å². The molecule has 13 heavy (non-hydrogen) atoms. The molecular weight excluding hydrogens is 239 g/mol. The summed E-state index contributed by atoms with van der Waals surface area (Å²) in [6.45, 7) is 0. The molecule has 1 aromatic heterocycles. The number of alkyl halides is 2. The summed E-state index contributed by atoms with van der Waals surface area (Å²) in [7, 11) is 0. The third-order valence-corrected chi connectivity index (χ3v) is 2.90. The summed E-state index contributed by atoms with van der Waals surface area (Å²) < 4.78 is 23.8. The molecule has 0 aromatic carbocycles. The first-order valence-electron chi connectivity index (χ1n) is 3.38. The van der Waals surface area contributed by atoms with Gasteiger partial charge in [-0.05, 0) is 11.4 Å². The molecular formula is C7H9Cl2F2NS. The molecule has 2 N–H and O–H groups in total. The van der Waals surface area contributed by atoms with Crippen molar-refractivity contribution in [2.75, 3.05) is 0 Å². The van der Waals surface area contributed by atoms with Crippen molar-refractivity contribution in [1.82, 2.24) is 0 Å². The smallest absolute Gasteiger partial charge is 0.240 e. The highest BCUT2D eigenvalue weighted by atomic mass is 35.5. The highest BCUT2D eigenvalue weighted by Gasteiger charge is 2.16. The molecule has 0 aliphatic carbocycles. The van der Waals surface area contributed by atoms with Crippen LogP contribution >= 0.6 is 35.3 Å². The summed E-state index contributed by atoms with van der Waals surface area (Å²) in [5.41, 5.74) is 5.49. The number of nitrogens with two attached hydrogens (primary N) is 1. The number of hydrogen-bond donors (Lipinski definition) is 1. The lowest BCUT2D eigenvalue weighted by molar-refractivity contribution is 0.129. The van der Waals surface area contributed by atoms with Gasteiger partial charge < -0.3 is 5.73 Å². The first kappa shape index (κ1) is 13.1. The Morgan fingerprint density at radius 1 is 1.54 bits per heavy atom. The van der Waals surface area contributed by atoms with Crippen LogP contribution in [0.25, 0.3) is 0 Å². The lowest BCUT2D eigenvalue weighted by atomic mass is 10.2. The molecule has 0 saturated carbocycles. The Kier molecular flexibility index (Phi) is 5.80. The van der Waals surface area contributed by atoms with E-state index in [4.69, 9.17) is 17.3 Å². The van der Waals surface area contributed by atoms with Gasteiger partial charge in [0, 0.05) is 17.3 Å². The highest BCUT2D eigenvalue weighted by molar-refractivity contribution is 7.10. The van der Waals surface area contributed by atoms with Crippen LogP contribution in [-0.4, -0.2) is 6.43 Å². The van der Waals surface area contributed by atoms with Crippen molar-refractivity contribution in [2.24, 2.45) is 5.73 Å². The number of thiophene rings is 1. The van der Waals surface area contributed by atoms with Gasteiger partial charge in [-0.2, -0.15) is 0 Å².